The highest BCUT2D eigenvalue weighted by Crippen LogP contribution is 2.29. The van der Waals surface area contributed by atoms with E-state index in [-0.39, 0.29) is 11.3 Å². The van der Waals surface area contributed by atoms with Crippen molar-refractivity contribution in [2.24, 2.45) is 0 Å². The predicted molar refractivity (Wildman–Crippen MR) is 76.8 cm³/mol. The highest BCUT2D eigenvalue weighted by Gasteiger charge is 2.17. The molecule has 0 unspecified atom stereocenters. The molecule has 0 aliphatic heterocycles. The van der Waals surface area contributed by atoms with Gasteiger partial charge in [-0.3, -0.25) is 4.79 Å². The van der Waals surface area contributed by atoms with Crippen molar-refractivity contribution in [3.05, 3.63) is 40.6 Å². The van der Waals surface area contributed by atoms with Gasteiger partial charge in [0, 0.05) is 18.0 Å². The summed E-state index contributed by atoms with van der Waals surface area (Å²) in [5, 5.41) is 14.4. The average molecular weight is 281 g/mol. The Hall–Kier alpha value is -2.96. The van der Waals surface area contributed by atoms with Crippen LogP contribution in [0.25, 0.3) is 33.6 Å². The number of hydrogen-bond acceptors (Lipinski definition) is 5. The molecule has 21 heavy (non-hydrogen) atoms. The van der Waals surface area contributed by atoms with E-state index in [1.165, 1.54) is 6.07 Å². The maximum Gasteiger partial charge on any atom is 0.239 e. The van der Waals surface area contributed by atoms with Crippen LogP contribution in [0, 0.1) is 0 Å². The van der Waals surface area contributed by atoms with Crippen molar-refractivity contribution in [3.63, 3.8) is 0 Å². The molecule has 0 amide bonds. The van der Waals surface area contributed by atoms with E-state index in [1.807, 2.05) is 35.8 Å². The third kappa shape index (κ3) is 1.60. The van der Waals surface area contributed by atoms with Gasteiger partial charge < -0.3 is 8.98 Å². The highest BCUT2D eigenvalue weighted by molar-refractivity contribution is 6.04. The maximum atomic E-state index is 12.5. The summed E-state index contributed by atoms with van der Waals surface area (Å²) < 4.78 is 7.83. The fourth-order valence-corrected chi connectivity index (χ4v) is 2.65. The van der Waals surface area contributed by atoms with E-state index < -0.39 is 0 Å². The van der Waals surface area contributed by atoms with Crippen LogP contribution in [0.3, 0.4) is 0 Å². The normalized spacial score (nSPS) is 11.5. The molecule has 3 aromatic heterocycles. The molecule has 1 aromatic carbocycles. The fraction of sp³-hybridized carbons (Fsp3) is 0.143. The topological polar surface area (TPSA) is 89.6 Å². The van der Waals surface area contributed by atoms with Crippen LogP contribution >= 0.6 is 0 Å². The molecular weight excluding hydrogens is 270 g/mol. The summed E-state index contributed by atoms with van der Waals surface area (Å²) in [4.78, 5) is 12.5. The SMILES string of the molecule is CCn1c2ccccc2c2oc(-c3nn[nH]n3)cc(=O)c21. The Morgan fingerprint density at radius 2 is 2.19 bits per heavy atom. The van der Waals surface area contributed by atoms with E-state index in [2.05, 4.69) is 20.6 Å². The number of para-hydroxylation sites is 1. The van der Waals surface area contributed by atoms with Crippen molar-refractivity contribution in [2.45, 2.75) is 13.5 Å². The van der Waals surface area contributed by atoms with E-state index in [1.54, 1.807) is 0 Å². The molecule has 0 atom stereocenters. The minimum atomic E-state index is -0.117. The third-order valence-corrected chi connectivity index (χ3v) is 3.51. The lowest BCUT2D eigenvalue weighted by molar-refractivity contribution is 0.614. The van der Waals surface area contributed by atoms with E-state index in [9.17, 15) is 4.79 Å². The van der Waals surface area contributed by atoms with Crippen LogP contribution in [0.5, 0.6) is 0 Å². The van der Waals surface area contributed by atoms with Crippen molar-refractivity contribution in [1.29, 1.82) is 0 Å². The number of nitrogens with one attached hydrogen (secondary N) is 1. The molecule has 7 heteroatoms. The smallest absolute Gasteiger partial charge is 0.239 e. The Bertz CT molecular complexity index is 997. The Morgan fingerprint density at radius 3 is 2.95 bits per heavy atom. The molecule has 0 aliphatic carbocycles. The van der Waals surface area contributed by atoms with Crippen LogP contribution in [-0.4, -0.2) is 25.2 Å². The predicted octanol–water partition coefficient (Wildman–Crippen LogP) is 1.95. The summed E-state index contributed by atoms with van der Waals surface area (Å²) in [6.07, 6.45) is 0. The number of hydrogen-bond donors (Lipinski definition) is 1. The summed E-state index contributed by atoms with van der Waals surface area (Å²) in [5.74, 6) is 0.572. The first kappa shape index (κ1) is 11.8. The first-order chi connectivity index (χ1) is 10.3. The van der Waals surface area contributed by atoms with Gasteiger partial charge in [0.1, 0.15) is 5.52 Å². The van der Waals surface area contributed by atoms with Gasteiger partial charge in [0.25, 0.3) is 0 Å². The largest absolute Gasteiger partial charge is 0.450 e. The zero-order valence-electron chi connectivity index (χ0n) is 11.2. The van der Waals surface area contributed by atoms with Crippen LogP contribution in [0.15, 0.2) is 39.5 Å². The molecule has 0 spiro atoms. The Labute approximate surface area is 118 Å². The Morgan fingerprint density at radius 1 is 1.33 bits per heavy atom. The Balaban J connectivity index is 2.18. The molecule has 0 radical (unpaired) electrons. The van der Waals surface area contributed by atoms with E-state index in [4.69, 9.17) is 4.42 Å². The number of aryl methyl sites for hydroxylation is 1. The number of fused-ring (bicyclic) bond motifs is 3. The van der Waals surface area contributed by atoms with Crippen molar-refractivity contribution in [1.82, 2.24) is 25.2 Å². The average Bonchev–Trinajstić information content (AvgIpc) is 3.13. The standard InChI is InChI=1S/C14H11N5O2/c1-2-19-9-6-4-3-5-8(9)13-12(19)10(20)7-11(21-13)14-15-17-18-16-14/h3-7H,2H2,1H3,(H,15,16,17,18). The number of rotatable bonds is 2. The zero-order valence-corrected chi connectivity index (χ0v) is 11.2. The maximum absolute atomic E-state index is 12.5. The van der Waals surface area contributed by atoms with Gasteiger partial charge in [0.05, 0.1) is 5.52 Å². The van der Waals surface area contributed by atoms with Crippen molar-refractivity contribution in [2.75, 3.05) is 0 Å². The summed E-state index contributed by atoms with van der Waals surface area (Å²) >= 11 is 0. The van der Waals surface area contributed by atoms with Crippen molar-refractivity contribution in [3.8, 4) is 11.6 Å². The molecule has 104 valence electrons. The van der Waals surface area contributed by atoms with Gasteiger partial charge in [-0.15, -0.1) is 10.2 Å². The van der Waals surface area contributed by atoms with Gasteiger partial charge in [-0.25, -0.2) is 0 Å². The van der Waals surface area contributed by atoms with Crippen LogP contribution in [0.4, 0.5) is 0 Å². The van der Waals surface area contributed by atoms with E-state index in [0.717, 1.165) is 10.9 Å². The molecule has 4 aromatic rings. The number of tetrazole rings is 1. The molecule has 4 rings (SSSR count). The molecule has 3 heterocycles. The number of aromatic nitrogens is 5. The van der Waals surface area contributed by atoms with Crippen LogP contribution in [0.1, 0.15) is 6.92 Å². The fourth-order valence-electron chi connectivity index (χ4n) is 2.65. The van der Waals surface area contributed by atoms with Gasteiger partial charge in [0.15, 0.2) is 11.3 Å². The minimum Gasteiger partial charge on any atom is -0.450 e. The van der Waals surface area contributed by atoms with E-state index >= 15 is 0 Å². The second-order valence-corrected chi connectivity index (χ2v) is 4.65. The van der Waals surface area contributed by atoms with Crippen molar-refractivity contribution >= 4 is 22.0 Å². The molecule has 0 fully saturated rings. The van der Waals surface area contributed by atoms with Crippen molar-refractivity contribution < 1.29 is 4.42 Å². The summed E-state index contributed by atoms with van der Waals surface area (Å²) in [6, 6.07) is 9.17. The third-order valence-electron chi connectivity index (χ3n) is 3.51. The zero-order chi connectivity index (χ0) is 14.4. The molecule has 0 aliphatic rings. The second-order valence-electron chi connectivity index (χ2n) is 4.65. The number of nitrogens with zero attached hydrogens (tertiary/aromatic N) is 4. The molecule has 1 N–H and O–H groups in total. The molecule has 7 nitrogen and oxygen atoms in total. The minimum absolute atomic E-state index is 0.117. The van der Waals surface area contributed by atoms with Gasteiger partial charge in [0.2, 0.25) is 11.3 Å². The number of aromatic amines is 1. The quantitative estimate of drug-likeness (QED) is 0.606. The monoisotopic (exact) mass is 281 g/mol. The lowest BCUT2D eigenvalue weighted by Crippen LogP contribution is -2.06. The summed E-state index contributed by atoms with van der Waals surface area (Å²) in [7, 11) is 0. The number of H-pyrrole nitrogens is 1. The number of benzene rings is 1. The lowest BCUT2D eigenvalue weighted by atomic mass is 10.2. The second kappa shape index (κ2) is 4.27. The molecular formula is C14H11N5O2. The van der Waals surface area contributed by atoms with Gasteiger partial charge in [-0.2, -0.15) is 5.21 Å². The summed E-state index contributed by atoms with van der Waals surface area (Å²) in [6.45, 7) is 2.69. The van der Waals surface area contributed by atoms with Crippen LogP contribution in [-0.2, 0) is 6.54 Å². The highest BCUT2D eigenvalue weighted by atomic mass is 16.3. The molecule has 0 saturated heterocycles. The Kier molecular flexibility index (Phi) is 2.41. The first-order valence-electron chi connectivity index (χ1n) is 6.58. The summed E-state index contributed by atoms with van der Waals surface area (Å²) in [5.41, 5.74) is 1.97. The van der Waals surface area contributed by atoms with E-state index in [0.29, 0.717) is 23.4 Å². The van der Waals surface area contributed by atoms with Crippen LogP contribution in [0.2, 0.25) is 0 Å². The lowest BCUT2D eigenvalue weighted by Gasteiger charge is -2.01. The van der Waals surface area contributed by atoms with Gasteiger partial charge >= 0.3 is 0 Å². The van der Waals surface area contributed by atoms with Crippen LogP contribution < -0.4 is 5.43 Å². The van der Waals surface area contributed by atoms with Gasteiger partial charge in [-0.1, -0.05) is 12.1 Å². The van der Waals surface area contributed by atoms with Gasteiger partial charge in [-0.05, 0) is 24.3 Å². The molecule has 0 saturated carbocycles. The first-order valence-corrected chi connectivity index (χ1v) is 6.58. The molecule has 0 bridgehead atoms.